The zero-order valence-electron chi connectivity index (χ0n) is 8.60. The SMILES string of the molecule is CC(C)c1ccccc1[C@@H](N)CO.Cl. The number of aliphatic hydroxyl groups excluding tert-OH is 1. The Hall–Kier alpha value is -0.570. The highest BCUT2D eigenvalue weighted by Crippen LogP contribution is 2.23. The quantitative estimate of drug-likeness (QED) is 0.813. The summed E-state index contributed by atoms with van der Waals surface area (Å²) in [5, 5.41) is 8.97. The summed E-state index contributed by atoms with van der Waals surface area (Å²) in [6, 6.07) is 7.75. The molecule has 1 atom stereocenters. The molecule has 3 N–H and O–H groups in total. The van der Waals surface area contributed by atoms with Crippen LogP contribution in [-0.4, -0.2) is 11.7 Å². The van der Waals surface area contributed by atoms with Gasteiger partial charge in [-0.25, -0.2) is 0 Å². The largest absolute Gasteiger partial charge is 0.394 e. The molecular weight excluding hydrogens is 198 g/mol. The molecule has 0 saturated heterocycles. The summed E-state index contributed by atoms with van der Waals surface area (Å²) in [4.78, 5) is 0. The van der Waals surface area contributed by atoms with Crippen molar-refractivity contribution in [3.05, 3.63) is 35.4 Å². The van der Waals surface area contributed by atoms with Crippen LogP contribution in [0.3, 0.4) is 0 Å². The second-order valence-corrected chi connectivity index (χ2v) is 3.57. The molecular formula is C11H18ClNO. The van der Waals surface area contributed by atoms with Crippen LogP contribution in [0, 0.1) is 0 Å². The Bertz CT molecular complexity index is 276. The van der Waals surface area contributed by atoms with Gasteiger partial charge in [-0.05, 0) is 17.0 Å². The number of rotatable bonds is 3. The first-order valence-corrected chi connectivity index (χ1v) is 4.62. The second kappa shape index (κ2) is 6.02. The van der Waals surface area contributed by atoms with Crippen molar-refractivity contribution >= 4 is 12.4 Å². The van der Waals surface area contributed by atoms with Gasteiger partial charge in [-0.15, -0.1) is 12.4 Å². The first-order chi connectivity index (χ1) is 6.16. The van der Waals surface area contributed by atoms with Crippen molar-refractivity contribution in [1.82, 2.24) is 0 Å². The third-order valence-electron chi connectivity index (χ3n) is 2.21. The summed E-state index contributed by atoms with van der Waals surface area (Å²) in [6.45, 7) is 4.26. The predicted molar refractivity (Wildman–Crippen MR) is 61.8 cm³/mol. The van der Waals surface area contributed by atoms with Crippen molar-refractivity contribution in [2.24, 2.45) is 5.73 Å². The molecule has 0 aromatic heterocycles. The third-order valence-corrected chi connectivity index (χ3v) is 2.21. The maximum Gasteiger partial charge on any atom is 0.0624 e. The number of aliphatic hydroxyl groups is 1. The molecule has 0 amide bonds. The highest BCUT2D eigenvalue weighted by atomic mass is 35.5. The highest BCUT2D eigenvalue weighted by Gasteiger charge is 2.11. The first kappa shape index (κ1) is 13.4. The number of hydrogen-bond acceptors (Lipinski definition) is 2. The van der Waals surface area contributed by atoms with E-state index in [9.17, 15) is 0 Å². The molecule has 80 valence electrons. The fourth-order valence-corrected chi connectivity index (χ4v) is 1.47. The molecule has 0 aliphatic carbocycles. The van der Waals surface area contributed by atoms with E-state index in [4.69, 9.17) is 10.8 Å². The van der Waals surface area contributed by atoms with Crippen molar-refractivity contribution in [3.8, 4) is 0 Å². The second-order valence-electron chi connectivity index (χ2n) is 3.57. The smallest absolute Gasteiger partial charge is 0.0624 e. The van der Waals surface area contributed by atoms with E-state index in [0.29, 0.717) is 5.92 Å². The van der Waals surface area contributed by atoms with E-state index in [1.54, 1.807) is 0 Å². The number of hydrogen-bond donors (Lipinski definition) is 2. The molecule has 0 aliphatic heterocycles. The molecule has 0 saturated carbocycles. The Morgan fingerprint density at radius 3 is 2.14 bits per heavy atom. The molecule has 0 aliphatic rings. The van der Waals surface area contributed by atoms with Crippen LogP contribution in [0.25, 0.3) is 0 Å². The zero-order valence-corrected chi connectivity index (χ0v) is 9.42. The van der Waals surface area contributed by atoms with Gasteiger partial charge in [0.15, 0.2) is 0 Å². The van der Waals surface area contributed by atoms with Gasteiger partial charge in [0.05, 0.1) is 12.6 Å². The monoisotopic (exact) mass is 215 g/mol. The first-order valence-electron chi connectivity index (χ1n) is 4.62. The van der Waals surface area contributed by atoms with Crippen LogP contribution in [0.15, 0.2) is 24.3 Å². The van der Waals surface area contributed by atoms with Crippen LogP contribution in [0.4, 0.5) is 0 Å². The average Bonchev–Trinajstić information content (AvgIpc) is 2.16. The predicted octanol–water partition coefficient (Wildman–Crippen LogP) is 2.22. The standard InChI is InChI=1S/C11H17NO.ClH/c1-8(2)9-5-3-4-6-10(9)11(12)7-13;/h3-6,8,11,13H,7,12H2,1-2H3;1H/t11-;/m0./s1. The van der Waals surface area contributed by atoms with Gasteiger partial charge in [0.1, 0.15) is 0 Å². The van der Waals surface area contributed by atoms with Crippen LogP contribution in [-0.2, 0) is 0 Å². The maximum atomic E-state index is 8.97. The van der Waals surface area contributed by atoms with Crippen LogP contribution in [0.2, 0.25) is 0 Å². The Kier molecular flexibility index (Phi) is 5.77. The highest BCUT2D eigenvalue weighted by molar-refractivity contribution is 5.85. The van der Waals surface area contributed by atoms with E-state index in [-0.39, 0.29) is 25.1 Å². The molecule has 0 fully saturated rings. The fourth-order valence-electron chi connectivity index (χ4n) is 1.47. The van der Waals surface area contributed by atoms with Gasteiger partial charge in [0, 0.05) is 0 Å². The van der Waals surface area contributed by atoms with Crippen LogP contribution < -0.4 is 5.73 Å². The molecule has 14 heavy (non-hydrogen) atoms. The minimum absolute atomic E-state index is 0. The fraction of sp³-hybridized carbons (Fsp3) is 0.455. The molecule has 1 rings (SSSR count). The Morgan fingerprint density at radius 2 is 1.71 bits per heavy atom. The van der Waals surface area contributed by atoms with Crippen LogP contribution in [0.1, 0.15) is 36.9 Å². The number of halogens is 1. The summed E-state index contributed by atoms with van der Waals surface area (Å²) < 4.78 is 0. The Morgan fingerprint density at radius 1 is 1.21 bits per heavy atom. The minimum atomic E-state index is -0.251. The van der Waals surface area contributed by atoms with Crippen molar-refractivity contribution in [2.45, 2.75) is 25.8 Å². The normalized spacial score (nSPS) is 12.4. The summed E-state index contributed by atoms with van der Waals surface area (Å²) in [5.74, 6) is 0.453. The van der Waals surface area contributed by atoms with E-state index < -0.39 is 0 Å². The number of nitrogens with two attached hydrogens (primary N) is 1. The summed E-state index contributed by atoms with van der Waals surface area (Å²) >= 11 is 0. The molecule has 3 heteroatoms. The van der Waals surface area contributed by atoms with Gasteiger partial charge >= 0.3 is 0 Å². The molecule has 1 aromatic rings. The lowest BCUT2D eigenvalue weighted by Crippen LogP contribution is -2.16. The Labute approximate surface area is 91.5 Å². The van der Waals surface area contributed by atoms with Gasteiger partial charge in [-0.2, -0.15) is 0 Å². The van der Waals surface area contributed by atoms with E-state index in [1.807, 2.05) is 18.2 Å². The summed E-state index contributed by atoms with van der Waals surface area (Å²) in [5.41, 5.74) is 8.06. The van der Waals surface area contributed by atoms with Gasteiger partial charge in [-0.1, -0.05) is 38.1 Å². The molecule has 2 nitrogen and oxygen atoms in total. The van der Waals surface area contributed by atoms with E-state index in [1.165, 1.54) is 5.56 Å². The molecule has 0 unspecified atom stereocenters. The molecule has 0 spiro atoms. The van der Waals surface area contributed by atoms with E-state index in [2.05, 4.69) is 19.9 Å². The molecule has 0 heterocycles. The van der Waals surface area contributed by atoms with Crippen molar-refractivity contribution < 1.29 is 5.11 Å². The minimum Gasteiger partial charge on any atom is -0.394 e. The van der Waals surface area contributed by atoms with Gasteiger partial charge < -0.3 is 10.8 Å². The summed E-state index contributed by atoms with van der Waals surface area (Å²) in [7, 11) is 0. The van der Waals surface area contributed by atoms with Gasteiger partial charge in [-0.3, -0.25) is 0 Å². The average molecular weight is 216 g/mol. The number of benzene rings is 1. The lowest BCUT2D eigenvalue weighted by atomic mass is 9.93. The van der Waals surface area contributed by atoms with E-state index in [0.717, 1.165) is 5.56 Å². The van der Waals surface area contributed by atoms with Gasteiger partial charge in [0.25, 0.3) is 0 Å². The topological polar surface area (TPSA) is 46.2 Å². The lowest BCUT2D eigenvalue weighted by Gasteiger charge is -2.16. The molecule has 0 bridgehead atoms. The van der Waals surface area contributed by atoms with Crippen molar-refractivity contribution in [3.63, 3.8) is 0 Å². The van der Waals surface area contributed by atoms with Crippen molar-refractivity contribution in [1.29, 1.82) is 0 Å². The zero-order chi connectivity index (χ0) is 9.84. The van der Waals surface area contributed by atoms with Crippen LogP contribution >= 0.6 is 12.4 Å². The maximum absolute atomic E-state index is 8.97. The molecule has 0 radical (unpaired) electrons. The summed E-state index contributed by atoms with van der Waals surface area (Å²) in [6.07, 6.45) is 0. The lowest BCUT2D eigenvalue weighted by molar-refractivity contribution is 0.267. The van der Waals surface area contributed by atoms with Gasteiger partial charge in [0.2, 0.25) is 0 Å². The van der Waals surface area contributed by atoms with Crippen molar-refractivity contribution in [2.75, 3.05) is 6.61 Å². The van der Waals surface area contributed by atoms with E-state index >= 15 is 0 Å². The molecule has 1 aromatic carbocycles. The van der Waals surface area contributed by atoms with Crippen LogP contribution in [0.5, 0.6) is 0 Å². The third kappa shape index (κ3) is 2.98. The Balaban J connectivity index is 0.00000169.